The predicted molar refractivity (Wildman–Crippen MR) is 68.8 cm³/mol. The average molecular weight is 321 g/mol. The second-order valence-electron chi connectivity index (χ2n) is 5.50. The van der Waals surface area contributed by atoms with Crippen LogP contribution in [-0.4, -0.2) is 24.2 Å². The van der Waals surface area contributed by atoms with Gasteiger partial charge in [0.2, 0.25) is 5.91 Å². The van der Waals surface area contributed by atoms with Crippen molar-refractivity contribution in [3.8, 4) is 0 Å². The van der Waals surface area contributed by atoms with Gasteiger partial charge in [-0.15, -0.1) is 0 Å². The third-order valence-electron chi connectivity index (χ3n) is 3.45. The van der Waals surface area contributed by atoms with Crippen LogP contribution in [0.1, 0.15) is 32.3 Å². The number of nitrogens with zero attached hydrogens (tertiary/aromatic N) is 1. The number of amides is 1. The van der Waals surface area contributed by atoms with Crippen LogP contribution in [0.15, 0.2) is 29.2 Å². The first-order chi connectivity index (χ1) is 9.46. The molecule has 0 unspecified atom stereocenters. The van der Waals surface area contributed by atoms with Crippen LogP contribution in [0.3, 0.4) is 0 Å². The number of sulfonamides is 1. The molecule has 1 amide bonds. The summed E-state index contributed by atoms with van der Waals surface area (Å²) in [4.78, 5) is 11.5. The van der Waals surface area contributed by atoms with E-state index in [1.807, 2.05) is 0 Å². The molecule has 4 nitrogen and oxygen atoms in total. The first-order valence-corrected chi connectivity index (χ1v) is 7.66. The lowest BCUT2D eigenvalue weighted by Crippen LogP contribution is -2.44. The van der Waals surface area contributed by atoms with Crippen molar-refractivity contribution in [3.63, 3.8) is 0 Å². The highest BCUT2D eigenvalue weighted by Crippen LogP contribution is 2.36. The standard InChI is InChI=1S/C13H14F3NO3S/c1-12(2)8-7-11(18)17(12)21(19,20)10-5-3-9(4-6-10)13(14,15)16/h3-6H,7-8H2,1-2H3. The highest BCUT2D eigenvalue weighted by Gasteiger charge is 2.45. The van der Waals surface area contributed by atoms with E-state index in [-0.39, 0.29) is 11.3 Å². The molecule has 21 heavy (non-hydrogen) atoms. The zero-order valence-corrected chi connectivity index (χ0v) is 12.3. The second kappa shape index (κ2) is 4.72. The molecule has 0 bridgehead atoms. The SMILES string of the molecule is CC1(C)CCC(=O)N1S(=O)(=O)c1ccc(C(F)(F)F)cc1. The van der Waals surface area contributed by atoms with Crippen molar-refractivity contribution in [1.29, 1.82) is 0 Å². The van der Waals surface area contributed by atoms with Gasteiger partial charge in [0.1, 0.15) is 0 Å². The largest absolute Gasteiger partial charge is 0.416 e. The van der Waals surface area contributed by atoms with E-state index in [1.165, 1.54) is 0 Å². The van der Waals surface area contributed by atoms with Crippen LogP contribution in [0.4, 0.5) is 13.2 Å². The highest BCUT2D eigenvalue weighted by atomic mass is 32.2. The van der Waals surface area contributed by atoms with Crippen LogP contribution in [0.25, 0.3) is 0 Å². The topological polar surface area (TPSA) is 54.5 Å². The quantitative estimate of drug-likeness (QED) is 0.841. The summed E-state index contributed by atoms with van der Waals surface area (Å²) in [5, 5.41) is 0. The molecule has 1 saturated heterocycles. The van der Waals surface area contributed by atoms with Gasteiger partial charge in [-0.05, 0) is 44.5 Å². The van der Waals surface area contributed by atoms with Gasteiger partial charge in [-0.3, -0.25) is 4.79 Å². The lowest BCUT2D eigenvalue weighted by Gasteiger charge is -2.30. The fraction of sp³-hybridized carbons (Fsp3) is 0.462. The number of halogens is 3. The van der Waals surface area contributed by atoms with Crippen LogP contribution >= 0.6 is 0 Å². The molecule has 2 rings (SSSR count). The maximum Gasteiger partial charge on any atom is 0.416 e. The first-order valence-electron chi connectivity index (χ1n) is 6.22. The van der Waals surface area contributed by atoms with Crippen LogP contribution in [0.5, 0.6) is 0 Å². The molecule has 1 aromatic rings. The number of carbonyl (C=O) groups is 1. The minimum absolute atomic E-state index is 0.104. The second-order valence-corrected chi connectivity index (χ2v) is 7.28. The Balaban J connectivity index is 2.43. The number of hydrogen-bond acceptors (Lipinski definition) is 3. The van der Waals surface area contributed by atoms with Gasteiger partial charge in [-0.1, -0.05) is 0 Å². The average Bonchev–Trinajstić information content (AvgIpc) is 2.63. The van der Waals surface area contributed by atoms with E-state index in [1.54, 1.807) is 13.8 Å². The van der Waals surface area contributed by atoms with Crippen LogP contribution < -0.4 is 0 Å². The van der Waals surface area contributed by atoms with E-state index in [0.717, 1.165) is 16.4 Å². The summed E-state index contributed by atoms with van der Waals surface area (Å²) in [6.45, 7) is 3.22. The van der Waals surface area contributed by atoms with Crippen molar-refractivity contribution < 1.29 is 26.4 Å². The van der Waals surface area contributed by atoms with Crippen LogP contribution in [0.2, 0.25) is 0 Å². The predicted octanol–water partition coefficient (Wildman–Crippen LogP) is 2.80. The fourth-order valence-corrected chi connectivity index (χ4v) is 4.13. The van der Waals surface area contributed by atoms with Gasteiger partial charge in [-0.2, -0.15) is 13.2 Å². The van der Waals surface area contributed by atoms with Gasteiger partial charge < -0.3 is 0 Å². The summed E-state index contributed by atoms with van der Waals surface area (Å²) in [6, 6.07) is 3.14. The van der Waals surface area contributed by atoms with Gasteiger partial charge in [-0.25, -0.2) is 12.7 Å². The van der Waals surface area contributed by atoms with Crippen molar-refractivity contribution in [2.45, 2.75) is 43.3 Å². The van der Waals surface area contributed by atoms with Crippen molar-refractivity contribution in [3.05, 3.63) is 29.8 Å². The Kier molecular flexibility index (Phi) is 3.56. The summed E-state index contributed by atoms with van der Waals surface area (Å²) < 4.78 is 63.1. The lowest BCUT2D eigenvalue weighted by atomic mass is 10.0. The monoisotopic (exact) mass is 321 g/mol. The molecule has 1 aliphatic heterocycles. The molecule has 8 heteroatoms. The molecule has 0 aromatic heterocycles. The molecule has 1 fully saturated rings. The minimum Gasteiger partial charge on any atom is -0.274 e. The summed E-state index contributed by atoms with van der Waals surface area (Å²) in [5.41, 5.74) is -1.81. The Morgan fingerprint density at radius 2 is 1.67 bits per heavy atom. The highest BCUT2D eigenvalue weighted by molar-refractivity contribution is 7.89. The summed E-state index contributed by atoms with van der Waals surface area (Å²) >= 11 is 0. The van der Waals surface area contributed by atoms with Crippen molar-refractivity contribution >= 4 is 15.9 Å². The summed E-state index contributed by atoms with van der Waals surface area (Å²) in [6.07, 6.45) is -4.05. The molecule has 0 atom stereocenters. The zero-order valence-electron chi connectivity index (χ0n) is 11.4. The van der Waals surface area contributed by atoms with Gasteiger partial charge in [0.05, 0.1) is 16.0 Å². The van der Waals surface area contributed by atoms with Crippen LogP contribution in [-0.2, 0) is 21.0 Å². The number of carbonyl (C=O) groups excluding carboxylic acids is 1. The molecule has 1 heterocycles. The number of alkyl halides is 3. The molecule has 0 saturated carbocycles. The Morgan fingerprint density at radius 1 is 1.14 bits per heavy atom. The lowest BCUT2D eigenvalue weighted by molar-refractivity contribution is -0.137. The van der Waals surface area contributed by atoms with Gasteiger partial charge in [0, 0.05) is 6.42 Å². The Bertz CT molecular complexity index is 663. The normalized spacial score (nSPS) is 19.1. The number of benzene rings is 1. The van der Waals surface area contributed by atoms with Gasteiger partial charge in [0.25, 0.3) is 10.0 Å². The minimum atomic E-state index is -4.54. The Labute approximate surface area is 120 Å². The molecule has 0 N–H and O–H groups in total. The third kappa shape index (κ3) is 2.76. The van der Waals surface area contributed by atoms with E-state index in [0.29, 0.717) is 18.6 Å². The zero-order chi connectivity index (χ0) is 16.1. The van der Waals surface area contributed by atoms with Crippen molar-refractivity contribution in [1.82, 2.24) is 4.31 Å². The molecule has 116 valence electrons. The van der Waals surface area contributed by atoms with Gasteiger partial charge >= 0.3 is 6.18 Å². The molecular formula is C13H14F3NO3S. The molecule has 0 aliphatic carbocycles. The fourth-order valence-electron chi connectivity index (χ4n) is 2.33. The smallest absolute Gasteiger partial charge is 0.274 e. The Morgan fingerprint density at radius 3 is 2.05 bits per heavy atom. The maximum absolute atomic E-state index is 12.5. The van der Waals surface area contributed by atoms with E-state index >= 15 is 0 Å². The van der Waals surface area contributed by atoms with Crippen molar-refractivity contribution in [2.75, 3.05) is 0 Å². The first kappa shape index (κ1) is 15.8. The van der Waals surface area contributed by atoms with E-state index < -0.39 is 33.2 Å². The molecular weight excluding hydrogens is 307 g/mol. The number of rotatable bonds is 2. The Hall–Kier alpha value is -1.57. The summed E-state index contributed by atoms with van der Waals surface area (Å²) in [5.74, 6) is -0.542. The van der Waals surface area contributed by atoms with Gasteiger partial charge in [0.15, 0.2) is 0 Å². The maximum atomic E-state index is 12.5. The molecule has 0 radical (unpaired) electrons. The molecule has 1 aromatic carbocycles. The van der Waals surface area contributed by atoms with Crippen molar-refractivity contribution in [2.24, 2.45) is 0 Å². The summed E-state index contributed by atoms with van der Waals surface area (Å²) in [7, 11) is -4.14. The third-order valence-corrected chi connectivity index (χ3v) is 5.49. The number of hydrogen-bond donors (Lipinski definition) is 0. The van der Waals surface area contributed by atoms with E-state index in [2.05, 4.69) is 0 Å². The van der Waals surface area contributed by atoms with E-state index in [4.69, 9.17) is 0 Å². The van der Waals surface area contributed by atoms with E-state index in [9.17, 15) is 26.4 Å². The molecule has 0 spiro atoms. The van der Waals surface area contributed by atoms with Crippen LogP contribution in [0, 0.1) is 0 Å². The molecule has 1 aliphatic rings.